The molecule has 1 aliphatic rings. The van der Waals surface area contributed by atoms with Crippen LogP contribution < -0.4 is 0 Å². The molecular formula is C19H30O4. The molecular weight excluding hydrogens is 292 g/mol. The van der Waals surface area contributed by atoms with E-state index in [1.54, 1.807) is 12.2 Å². The van der Waals surface area contributed by atoms with Gasteiger partial charge < -0.3 is 15.3 Å². The minimum atomic E-state index is -1.42. The molecule has 0 spiro atoms. The topological polar surface area (TPSA) is 77.8 Å². The summed E-state index contributed by atoms with van der Waals surface area (Å²) < 4.78 is 0. The van der Waals surface area contributed by atoms with Crippen molar-refractivity contribution in [2.24, 2.45) is 0 Å². The number of rotatable bonds is 9. The van der Waals surface area contributed by atoms with Crippen LogP contribution in [0.25, 0.3) is 0 Å². The van der Waals surface area contributed by atoms with Crippen LogP contribution in [0.15, 0.2) is 35.5 Å². The largest absolute Gasteiger partial charge is 0.478 e. The summed E-state index contributed by atoms with van der Waals surface area (Å²) in [5, 5.41) is 29.7. The molecule has 0 saturated heterocycles. The van der Waals surface area contributed by atoms with Gasteiger partial charge in [0.1, 0.15) is 11.2 Å². The molecule has 2 atom stereocenters. The Hall–Kier alpha value is -1.39. The minimum Gasteiger partial charge on any atom is -0.478 e. The Morgan fingerprint density at radius 2 is 1.70 bits per heavy atom. The predicted octanol–water partition coefficient (Wildman–Crippen LogP) is 3.75. The lowest BCUT2D eigenvalue weighted by Crippen LogP contribution is -2.48. The van der Waals surface area contributed by atoms with Crippen molar-refractivity contribution in [1.29, 1.82) is 0 Å². The van der Waals surface area contributed by atoms with Crippen molar-refractivity contribution >= 4 is 5.97 Å². The Morgan fingerprint density at radius 1 is 1.09 bits per heavy atom. The van der Waals surface area contributed by atoms with Crippen molar-refractivity contribution in [2.45, 2.75) is 76.9 Å². The Balaban J connectivity index is 2.68. The van der Waals surface area contributed by atoms with Crippen LogP contribution >= 0.6 is 0 Å². The Labute approximate surface area is 139 Å². The second-order valence-corrected chi connectivity index (χ2v) is 6.77. The Kier molecular flexibility index (Phi) is 7.23. The van der Waals surface area contributed by atoms with Crippen LogP contribution in [0.2, 0.25) is 0 Å². The van der Waals surface area contributed by atoms with Gasteiger partial charge in [0.25, 0.3) is 0 Å². The highest BCUT2D eigenvalue weighted by Crippen LogP contribution is 2.31. The highest BCUT2D eigenvalue weighted by atomic mass is 16.4. The van der Waals surface area contributed by atoms with E-state index in [9.17, 15) is 20.1 Å². The van der Waals surface area contributed by atoms with Crippen molar-refractivity contribution in [3.8, 4) is 0 Å². The zero-order valence-electron chi connectivity index (χ0n) is 14.5. The van der Waals surface area contributed by atoms with Gasteiger partial charge in [0.05, 0.1) is 0 Å². The highest BCUT2D eigenvalue weighted by molar-refractivity contribution is 5.87. The number of hydrogen-bond acceptors (Lipinski definition) is 3. The average Bonchev–Trinajstić information content (AvgIpc) is 2.45. The molecule has 0 aromatic carbocycles. The summed E-state index contributed by atoms with van der Waals surface area (Å²) in [7, 11) is 0. The fraction of sp³-hybridized carbons (Fsp3) is 0.632. The molecule has 0 aliphatic heterocycles. The molecule has 0 aromatic heterocycles. The van der Waals surface area contributed by atoms with Gasteiger partial charge in [-0.25, -0.2) is 4.79 Å². The lowest BCUT2D eigenvalue weighted by molar-refractivity contribution is -0.132. The molecule has 23 heavy (non-hydrogen) atoms. The zero-order chi connectivity index (χ0) is 17.5. The maximum Gasteiger partial charge on any atom is 0.331 e. The second kappa shape index (κ2) is 8.46. The van der Waals surface area contributed by atoms with Crippen molar-refractivity contribution in [1.82, 2.24) is 0 Å². The lowest BCUT2D eigenvalue weighted by Gasteiger charge is -2.36. The van der Waals surface area contributed by atoms with E-state index in [1.165, 1.54) is 45.3 Å². The van der Waals surface area contributed by atoms with Gasteiger partial charge in [-0.2, -0.15) is 0 Å². The molecule has 0 aromatic rings. The molecule has 2 unspecified atom stereocenters. The number of carboxylic acid groups (broad SMARTS) is 1. The summed E-state index contributed by atoms with van der Waals surface area (Å²) >= 11 is 0. The fourth-order valence-corrected chi connectivity index (χ4v) is 2.57. The minimum absolute atomic E-state index is 0.341. The number of carboxylic acids is 1. The van der Waals surface area contributed by atoms with Crippen LogP contribution in [0.1, 0.15) is 65.7 Å². The van der Waals surface area contributed by atoms with E-state index < -0.39 is 17.2 Å². The maximum absolute atomic E-state index is 11.4. The molecule has 3 N–H and O–H groups in total. The molecule has 130 valence electrons. The molecule has 1 aliphatic carbocycles. The third-order valence-electron chi connectivity index (χ3n) is 4.49. The molecule has 4 nitrogen and oxygen atoms in total. The molecule has 0 bridgehead atoms. The average molecular weight is 322 g/mol. The molecule has 0 saturated carbocycles. The van der Waals surface area contributed by atoms with E-state index in [0.29, 0.717) is 17.6 Å². The first-order valence-electron chi connectivity index (χ1n) is 8.50. The van der Waals surface area contributed by atoms with Gasteiger partial charge in [-0.05, 0) is 50.5 Å². The van der Waals surface area contributed by atoms with Gasteiger partial charge in [0.2, 0.25) is 0 Å². The van der Waals surface area contributed by atoms with E-state index in [2.05, 4.69) is 6.92 Å². The molecule has 0 amide bonds. The highest BCUT2D eigenvalue weighted by Gasteiger charge is 2.39. The quantitative estimate of drug-likeness (QED) is 0.446. The van der Waals surface area contributed by atoms with E-state index >= 15 is 0 Å². The van der Waals surface area contributed by atoms with Gasteiger partial charge in [-0.1, -0.05) is 45.1 Å². The summed E-state index contributed by atoms with van der Waals surface area (Å²) in [6.07, 6.45) is 13.4. The SMILES string of the molecule is CCCCCCCC/C(=C\C1=CC(C)(O)C(C)(O)C=C1)C(=O)O. The number of allylic oxidation sites excluding steroid dienone is 3. The van der Waals surface area contributed by atoms with Crippen LogP contribution in [0.5, 0.6) is 0 Å². The van der Waals surface area contributed by atoms with E-state index in [4.69, 9.17) is 0 Å². The van der Waals surface area contributed by atoms with Crippen LogP contribution in [-0.4, -0.2) is 32.5 Å². The van der Waals surface area contributed by atoms with Crippen LogP contribution in [-0.2, 0) is 4.79 Å². The van der Waals surface area contributed by atoms with Crippen molar-refractivity contribution in [3.05, 3.63) is 35.5 Å². The standard InChI is InChI=1S/C19H30O4/c1-4-5-6-7-8-9-10-16(17(20)21)13-15-11-12-18(2,22)19(3,23)14-15/h11-14,22-23H,4-10H2,1-3H3,(H,20,21)/b16-13+. The van der Waals surface area contributed by atoms with Crippen LogP contribution in [0.3, 0.4) is 0 Å². The van der Waals surface area contributed by atoms with Crippen LogP contribution in [0, 0.1) is 0 Å². The number of unbranched alkanes of at least 4 members (excludes halogenated alkanes) is 5. The molecule has 1 rings (SSSR count). The summed E-state index contributed by atoms with van der Waals surface area (Å²) in [6, 6.07) is 0. The van der Waals surface area contributed by atoms with Crippen molar-refractivity contribution < 1.29 is 20.1 Å². The molecule has 4 heteroatoms. The van der Waals surface area contributed by atoms with Gasteiger partial charge in [-0.15, -0.1) is 0 Å². The van der Waals surface area contributed by atoms with Gasteiger partial charge in [0, 0.05) is 5.57 Å². The maximum atomic E-state index is 11.4. The predicted molar refractivity (Wildman–Crippen MR) is 92.2 cm³/mol. The monoisotopic (exact) mass is 322 g/mol. The van der Waals surface area contributed by atoms with E-state index in [0.717, 1.165) is 19.3 Å². The molecule has 0 heterocycles. The first-order valence-corrected chi connectivity index (χ1v) is 8.50. The third kappa shape index (κ3) is 5.96. The summed E-state index contributed by atoms with van der Waals surface area (Å²) in [4.78, 5) is 11.4. The number of aliphatic carboxylic acids is 1. The smallest absolute Gasteiger partial charge is 0.331 e. The van der Waals surface area contributed by atoms with Crippen LogP contribution in [0.4, 0.5) is 0 Å². The number of hydrogen-bond donors (Lipinski definition) is 3. The van der Waals surface area contributed by atoms with E-state index in [1.807, 2.05) is 0 Å². The normalized spacial score (nSPS) is 27.9. The Bertz CT molecular complexity index is 495. The third-order valence-corrected chi connectivity index (χ3v) is 4.49. The van der Waals surface area contributed by atoms with Gasteiger partial charge >= 0.3 is 5.97 Å². The zero-order valence-corrected chi connectivity index (χ0v) is 14.5. The summed E-state index contributed by atoms with van der Waals surface area (Å²) in [6.45, 7) is 5.20. The molecule has 0 radical (unpaired) electrons. The van der Waals surface area contributed by atoms with Crippen molar-refractivity contribution in [2.75, 3.05) is 0 Å². The first kappa shape index (κ1) is 19.7. The van der Waals surface area contributed by atoms with Gasteiger partial charge in [-0.3, -0.25) is 0 Å². The van der Waals surface area contributed by atoms with Gasteiger partial charge in [0.15, 0.2) is 0 Å². The van der Waals surface area contributed by atoms with E-state index in [-0.39, 0.29) is 0 Å². The lowest BCUT2D eigenvalue weighted by atomic mass is 9.80. The fourth-order valence-electron chi connectivity index (χ4n) is 2.57. The second-order valence-electron chi connectivity index (χ2n) is 6.77. The summed E-state index contributed by atoms with van der Waals surface area (Å²) in [5.74, 6) is -0.926. The number of aliphatic hydroxyl groups is 2. The van der Waals surface area contributed by atoms with Crippen molar-refractivity contribution in [3.63, 3.8) is 0 Å². The first-order chi connectivity index (χ1) is 10.7. The molecule has 0 fully saturated rings. The number of carbonyl (C=O) groups is 1. The summed E-state index contributed by atoms with van der Waals surface area (Å²) in [5.41, 5.74) is -1.82. The Morgan fingerprint density at radius 3 is 2.26 bits per heavy atom.